The zero-order valence-corrected chi connectivity index (χ0v) is 12.6. The number of hydrogen-bond donors (Lipinski definition) is 0. The number of rotatable bonds is 2. The molecule has 2 aromatic carbocycles. The molecule has 3 aromatic rings. The Balaban J connectivity index is 1.97. The number of para-hydroxylation sites is 2. The first-order valence-corrected chi connectivity index (χ1v) is 7.70. The van der Waals surface area contributed by atoms with Crippen molar-refractivity contribution in [1.82, 2.24) is 9.55 Å². The lowest BCUT2D eigenvalue weighted by atomic mass is 10.1. The molecule has 1 aliphatic carbocycles. The number of nitrogens with zero attached hydrogens (tertiary/aromatic N) is 2. The van der Waals surface area contributed by atoms with Crippen LogP contribution in [-0.2, 0) is 0 Å². The standard InChI is InChI=1S/C20H18N2/c1-15-8-7-9-16(14-15)20-21-18-12-5-6-13-19(18)22(20)17-10-3-2-4-11-17/h2-10,12-14,17H,11H2,1H3. The fraction of sp³-hybridized carbons (Fsp3) is 0.150. The number of imidazole rings is 1. The Morgan fingerprint density at radius 1 is 1.05 bits per heavy atom. The molecule has 0 bridgehead atoms. The molecule has 0 N–H and O–H groups in total. The van der Waals surface area contributed by atoms with Gasteiger partial charge in [-0.05, 0) is 31.5 Å². The van der Waals surface area contributed by atoms with Crippen molar-refractivity contribution in [2.75, 3.05) is 0 Å². The fourth-order valence-corrected chi connectivity index (χ4v) is 3.13. The van der Waals surface area contributed by atoms with Crippen molar-refractivity contribution in [1.29, 1.82) is 0 Å². The van der Waals surface area contributed by atoms with E-state index in [1.807, 2.05) is 0 Å². The Hall–Kier alpha value is -2.61. The lowest BCUT2D eigenvalue weighted by Crippen LogP contribution is -2.08. The molecule has 22 heavy (non-hydrogen) atoms. The van der Waals surface area contributed by atoms with Gasteiger partial charge in [0.05, 0.1) is 17.1 Å². The van der Waals surface area contributed by atoms with Gasteiger partial charge >= 0.3 is 0 Å². The number of aryl methyl sites for hydroxylation is 1. The molecule has 0 aliphatic heterocycles. The minimum atomic E-state index is 0.327. The number of aromatic nitrogens is 2. The molecule has 1 heterocycles. The van der Waals surface area contributed by atoms with E-state index >= 15 is 0 Å². The number of fused-ring (bicyclic) bond motifs is 1. The van der Waals surface area contributed by atoms with Gasteiger partial charge in [-0.1, -0.05) is 60.2 Å². The lowest BCUT2D eigenvalue weighted by Gasteiger charge is -2.19. The average Bonchev–Trinajstić information content (AvgIpc) is 2.95. The van der Waals surface area contributed by atoms with Gasteiger partial charge in [-0.2, -0.15) is 0 Å². The number of hydrogen-bond acceptors (Lipinski definition) is 1. The van der Waals surface area contributed by atoms with Crippen LogP contribution in [0, 0.1) is 6.92 Å². The average molecular weight is 286 g/mol. The van der Waals surface area contributed by atoms with E-state index in [1.165, 1.54) is 16.6 Å². The quantitative estimate of drug-likeness (QED) is 0.643. The number of allylic oxidation sites excluding steroid dienone is 4. The summed E-state index contributed by atoms with van der Waals surface area (Å²) in [5.74, 6) is 1.05. The lowest BCUT2D eigenvalue weighted by molar-refractivity contribution is 0.630. The normalized spacial score (nSPS) is 17.2. The highest BCUT2D eigenvalue weighted by atomic mass is 15.1. The van der Waals surface area contributed by atoms with Crippen LogP contribution < -0.4 is 0 Å². The molecule has 4 rings (SSSR count). The van der Waals surface area contributed by atoms with Crippen LogP contribution in [-0.4, -0.2) is 9.55 Å². The molecule has 0 fully saturated rings. The van der Waals surface area contributed by atoms with Gasteiger partial charge in [0.2, 0.25) is 0 Å². The highest BCUT2D eigenvalue weighted by molar-refractivity contribution is 5.81. The molecule has 1 atom stereocenters. The molecule has 108 valence electrons. The van der Waals surface area contributed by atoms with Crippen LogP contribution in [0.15, 0.2) is 72.8 Å². The van der Waals surface area contributed by atoms with Gasteiger partial charge in [0, 0.05) is 5.56 Å². The molecule has 0 spiro atoms. The van der Waals surface area contributed by atoms with Crippen molar-refractivity contribution in [2.24, 2.45) is 0 Å². The highest BCUT2D eigenvalue weighted by Crippen LogP contribution is 2.31. The van der Waals surface area contributed by atoms with Crippen LogP contribution in [0.5, 0.6) is 0 Å². The highest BCUT2D eigenvalue weighted by Gasteiger charge is 2.18. The Morgan fingerprint density at radius 2 is 1.95 bits per heavy atom. The molecular weight excluding hydrogens is 268 g/mol. The maximum atomic E-state index is 4.90. The largest absolute Gasteiger partial charge is 0.317 e. The van der Waals surface area contributed by atoms with Crippen LogP contribution in [0.3, 0.4) is 0 Å². The van der Waals surface area contributed by atoms with Gasteiger partial charge in [0.25, 0.3) is 0 Å². The molecule has 0 radical (unpaired) electrons. The van der Waals surface area contributed by atoms with E-state index in [0.717, 1.165) is 17.8 Å². The fourth-order valence-electron chi connectivity index (χ4n) is 3.13. The maximum Gasteiger partial charge on any atom is 0.141 e. The first kappa shape index (κ1) is 13.1. The molecule has 2 nitrogen and oxygen atoms in total. The van der Waals surface area contributed by atoms with Crippen molar-refractivity contribution < 1.29 is 0 Å². The van der Waals surface area contributed by atoms with Crippen LogP contribution >= 0.6 is 0 Å². The van der Waals surface area contributed by atoms with Crippen molar-refractivity contribution in [3.63, 3.8) is 0 Å². The Labute approximate surface area is 130 Å². The zero-order valence-electron chi connectivity index (χ0n) is 12.6. The maximum absolute atomic E-state index is 4.90. The molecule has 0 amide bonds. The zero-order chi connectivity index (χ0) is 14.9. The van der Waals surface area contributed by atoms with Gasteiger partial charge in [0.1, 0.15) is 5.82 Å². The Morgan fingerprint density at radius 3 is 2.77 bits per heavy atom. The van der Waals surface area contributed by atoms with Gasteiger partial charge in [0.15, 0.2) is 0 Å². The van der Waals surface area contributed by atoms with Gasteiger partial charge < -0.3 is 4.57 Å². The van der Waals surface area contributed by atoms with Crippen molar-refractivity contribution in [3.05, 3.63) is 78.4 Å². The summed E-state index contributed by atoms with van der Waals surface area (Å²) in [6, 6.07) is 17.3. The predicted octanol–water partition coefficient (Wildman–Crippen LogP) is 5.07. The molecule has 2 heteroatoms. The summed E-state index contributed by atoms with van der Waals surface area (Å²) in [5.41, 5.74) is 4.69. The molecule has 0 saturated heterocycles. The smallest absolute Gasteiger partial charge is 0.141 e. The molecule has 1 aliphatic rings. The molecule has 1 unspecified atom stereocenters. The van der Waals surface area contributed by atoms with Crippen LogP contribution in [0.1, 0.15) is 18.0 Å². The summed E-state index contributed by atoms with van der Waals surface area (Å²) >= 11 is 0. The van der Waals surface area contributed by atoms with E-state index in [9.17, 15) is 0 Å². The van der Waals surface area contributed by atoms with E-state index in [0.29, 0.717) is 6.04 Å². The Kier molecular flexibility index (Phi) is 3.15. The topological polar surface area (TPSA) is 17.8 Å². The Bertz CT molecular complexity index is 884. The summed E-state index contributed by atoms with van der Waals surface area (Å²) in [6.45, 7) is 2.12. The predicted molar refractivity (Wildman–Crippen MR) is 91.8 cm³/mol. The van der Waals surface area contributed by atoms with Gasteiger partial charge in [-0.15, -0.1) is 0 Å². The SMILES string of the molecule is Cc1cccc(-c2nc3ccccc3n2C2C=CC=CC2)c1. The third-order valence-corrected chi connectivity index (χ3v) is 4.16. The molecule has 1 aromatic heterocycles. The van der Waals surface area contributed by atoms with E-state index in [2.05, 4.69) is 84.3 Å². The summed E-state index contributed by atoms with van der Waals surface area (Å²) < 4.78 is 2.37. The third kappa shape index (κ3) is 2.17. The van der Waals surface area contributed by atoms with E-state index in [-0.39, 0.29) is 0 Å². The van der Waals surface area contributed by atoms with E-state index < -0.39 is 0 Å². The first-order chi connectivity index (χ1) is 10.8. The number of benzene rings is 2. The minimum Gasteiger partial charge on any atom is -0.317 e. The summed E-state index contributed by atoms with van der Waals surface area (Å²) in [6.07, 6.45) is 9.73. The second-order valence-corrected chi connectivity index (χ2v) is 5.78. The summed E-state index contributed by atoms with van der Waals surface area (Å²) in [5, 5.41) is 0. The minimum absolute atomic E-state index is 0.327. The van der Waals surface area contributed by atoms with Crippen LogP contribution in [0.25, 0.3) is 22.4 Å². The molecule has 0 saturated carbocycles. The van der Waals surface area contributed by atoms with Gasteiger partial charge in [-0.3, -0.25) is 0 Å². The summed E-state index contributed by atoms with van der Waals surface area (Å²) in [7, 11) is 0. The van der Waals surface area contributed by atoms with Crippen molar-refractivity contribution in [3.8, 4) is 11.4 Å². The van der Waals surface area contributed by atoms with Crippen LogP contribution in [0.2, 0.25) is 0 Å². The van der Waals surface area contributed by atoms with E-state index in [4.69, 9.17) is 4.98 Å². The summed E-state index contributed by atoms with van der Waals surface area (Å²) in [4.78, 5) is 4.90. The van der Waals surface area contributed by atoms with Gasteiger partial charge in [-0.25, -0.2) is 4.98 Å². The second-order valence-electron chi connectivity index (χ2n) is 5.78. The monoisotopic (exact) mass is 286 g/mol. The second kappa shape index (κ2) is 5.30. The third-order valence-electron chi connectivity index (χ3n) is 4.16. The van der Waals surface area contributed by atoms with Crippen LogP contribution in [0.4, 0.5) is 0 Å². The van der Waals surface area contributed by atoms with Crippen molar-refractivity contribution >= 4 is 11.0 Å². The van der Waals surface area contributed by atoms with Crippen molar-refractivity contribution in [2.45, 2.75) is 19.4 Å². The first-order valence-electron chi connectivity index (χ1n) is 7.70. The van der Waals surface area contributed by atoms with E-state index in [1.54, 1.807) is 0 Å². The molecular formula is C20H18N2.